The van der Waals surface area contributed by atoms with Gasteiger partial charge in [-0.05, 0) is 37.5 Å². The lowest BCUT2D eigenvalue weighted by atomic mass is 10.1. The molecule has 1 saturated carbocycles. The van der Waals surface area contributed by atoms with Gasteiger partial charge in [-0.1, -0.05) is 18.2 Å². The van der Waals surface area contributed by atoms with Crippen LogP contribution in [0.25, 0.3) is 0 Å². The summed E-state index contributed by atoms with van der Waals surface area (Å²) in [5.41, 5.74) is 0.337. The Bertz CT molecular complexity index is 989. The van der Waals surface area contributed by atoms with Crippen LogP contribution in [0.15, 0.2) is 41.2 Å². The summed E-state index contributed by atoms with van der Waals surface area (Å²) in [7, 11) is 0. The van der Waals surface area contributed by atoms with Crippen molar-refractivity contribution in [2.75, 3.05) is 13.1 Å². The highest BCUT2D eigenvalue weighted by atomic mass is 19.4. The lowest BCUT2D eigenvalue weighted by Crippen LogP contribution is -2.56. The topological polar surface area (TPSA) is 51.5 Å². The first-order valence-electron chi connectivity index (χ1n) is 9.54. The van der Waals surface area contributed by atoms with Crippen molar-refractivity contribution in [2.24, 2.45) is 0 Å². The van der Waals surface area contributed by atoms with Gasteiger partial charge < -0.3 is 14.2 Å². The van der Waals surface area contributed by atoms with Crippen LogP contribution in [0.5, 0.6) is 5.75 Å². The van der Waals surface area contributed by atoms with Crippen molar-refractivity contribution in [1.82, 2.24) is 9.47 Å². The van der Waals surface area contributed by atoms with Crippen LogP contribution in [0.1, 0.15) is 35.7 Å². The first-order chi connectivity index (χ1) is 13.7. The molecule has 1 amide bonds. The molecule has 0 atom stereocenters. The first kappa shape index (κ1) is 19.5. The van der Waals surface area contributed by atoms with Crippen LogP contribution in [-0.4, -0.2) is 34.6 Å². The molecule has 1 saturated heterocycles. The zero-order valence-electron chi connectivity index (χ0n) is 15.9. The van der Waals surface area contributed by atoms with Gasteiger partial charge in [-0.2, -0.15) is 13.2 Å². The summed E-state index contributed by atoms with van der Waals surface area (Å²) in [6.45, 7) is 2.57. The molecule has 2 fully saturated rings. The summed E-state index contributed by atoms with van der Waals surface area (Å²) in [5, 5.41) is 0. The molecule has 29 heavy (non-hydrogen) atoms. The predicted molar refractivity (Wildman–Crippen MR) is 99.9 cm³/mol. The normalized spacial score (nSPS) is 17.2. The number of likely N-dealkylation sites (tertiary alicyclic amines) is 1. The van der Waals surface area contributed by atoms with Crippen molar-refractivity contribution in [2.45, 2.75) is 44.5 Å². The molecule has 0 radical (unpaired) electrons. The molecular formula is C21H21F3N2O3. The summed E-state index contributed by atoms with van der Waals surface area (Å²) < 4.78 is 46.0. The molecule has 1 aromatic carbocycles. The molecule has 0 unspecified atom stereocenters. The summed E-state index contributed by atoms with van der Waals surface area (Å²) >= 11 is 0. The van der Waals surface area contributed by atoms with Gasteiger partial charge in [-0.3, -0.25) is 9.59 Å². The first-order valence-corrected chi connectivity index (χ1v) is 9.54. The van der Waals surface area contributed by atoms with Crippen LogP contribution in [-0.2, 0) is 17.4 Å². The Labute approximate surface area is 165 Å². The monoisotopic (exact) mass is 406 g/mol. The second-order valence-corrected chi connectivity index (χ2v) is 7.69. The minimum Gasteiger partial charge on any atom is -0.486 e. The number of carbonyl (C=O) groups excluding carboxylic acids is 1. The minimum atomic E-state index is -4.43. The maximum atomic E-state index is 12.8. The summed E-state index contributed by atoms with van der Waals surface area (Å²) in [5.74, 6) is 0.240. The van der Waals surface area contributed by atoms with Gasteiger partial charge in [0.05, 0.1) is 25.1 Å². The highest BCUT2D eigenvalue weighted by Gasteiger charge is 2.34. The van der Waals surface area contributed by atoms with E-state index in [9.17, 15) is 22.8 Å². The average molecular weight is 406 g/mol. The van der Waals surface area contributed by atoms with Gasteiger partial charge in [-0.15, -0.1) is 0 Å². The second-order valence-electron chi connectivity index (χ2n) is 7.69. The van der Waals surface area contributed by atoms with Crippen LogP contribution in [0.2, 0.25) is 0 Å². The van der Waals surface area contributed by atoms with Gasteiger partial charge >= 0.3 is 6.18 Å². The fraction of sp³-hybridized carbons (Fsp3) is 0.429. The molecule has 0 spiro atoms. The number of nitrogens with zero attached hydrogens (tertiary/aromatic N) is 2. The summed E-state index contributed by atoms with van der Waals surface area (Å²) in [6.07, 6.45) is -2.71. The molecule has 1 aromatic heterocycles. The van der Waals surface area contributed by atoms with Gasteiger partial charge in [0.2, 0.25) is 5.91 Å². The molecule has 5 nitrogen and oxygen atoms in total. The van der Waals surface area contributed by atoms with Gasteiger partial charge in [0.1, 0.15) is 11.9 Å². The quantitative estimate of drug-likeness (QED) is 0.765. The SMILES string of the molecule is Cc1cc(OC2CN(C(=O)Cc3cccc(C(F)(F)F)c3)C2)cc(=O)n1C1CC1. The van der Waals surface area contributed by atoms with Gasteiger partial charge in [0.15, 0.2) is 0 Å². The van der Waals surface area contributed by atoms with E-state index in [0.717, 1.165) is 30.7 Å². The number of benzene rings is 1. The third-order valence-electron chi connectivity index (χ3n) is 5.26. The van der Waals surface area contributed by atoms with E-state index in [1.165, 1.54) is 18.2 Å². The third kappa shape index (κ3) is 4.31. The Kier molecular flexibility index (Phi) is 4.88. The van der Waals surface area contributed by atoms with Gasteiger partial charge in [0, 0.05) is 17.8 Å². The fourth-order valence-electron chi connectivity index (χ4n) is 3.60. The van der Waals surface area contributed by atoms with E-state index in [4.69, 9.17) is 4.74 Å². The van der Waals surface area contributed by atoms with Crippen LogP contribution >= 0.6 is 0 Å². The zero-order valence-corrected chi connectivity index (χ0v) is 15.9. The van der Waals surface area contributed by atoms with Crippen LogP contribution in [0.4, 0.5) is 13.2 Å². The Morgan fingerprint density at radius 1 is 1.17 bits per heavy atom. The predicted octanol–water partition coefficient (Wildman–Crippen LogP) is 3.34. The minimum absolute atomic E-state index is 0.0840. The van der Waals surface area contributed by atoms with Crippen molar-refractivity contribution < 1.29 is 22.7 Å². The number of ether oxygens (including phenoxy) is 1. The van der Waals surface area contributed by atoms with E-state index >= 15 is 0 Å². The van der Waals surface area contributed by atoms with E-state index in [1.54, 1.807) is 9.47 Å². The largest absolute Gasteiger partial charge is 0.486 e. The van der Waals surface area contributed by atoms with E-state index in [-0.39, 0.29) is 24.0 Å². The highest BCUT2D eigenvalue weighted by molar-refractivity contribution is 5.79. The molecule has 2 aliphatic rings. The Hall–Kier alpha value is -2.77. The van der Waals surface area contributed by atoms with Crippen molar-refractivity contribution in [3.63, 3.8) is 0 Å². The van der Waals surface area contributed by atoms with E-state index in [0.29, 0.717) is 30.4 Å². The molecular weight excluding hydrogens is 385 g/mol. The van der Waals surface area contributed by atoms with Gasteiger partial charge in [-0.25, -0.2) is 0 Å². The standard InChI is InChI=1S/C21H21F3N2O3/c1-13-7-17(10-20(28)26(13)16-5-6-16)29-18-11-25(12-18)19(27)9-14-3-2-4-15(8-14)21(22,23)24/h2-4,7-8,10,16,18H,5-6,9,11-12H2,1H3. The van der Waals surface area contributed by atoms with Crippen LogP contribution < -0.4 is 10.3 Å². The molecule has 1 aliphatic heterocycles. The molecule has 4 rings (SSSR count). The fourth-order valence-corrected chi connectivity index (χ4v) is 3.60. The van der Waals surface area contributed by atoms with Crippen molar-refractivity contribution in [3.8, 4) is 5.75 Å². The number of hydrogen-bond donors (Lipinski definition) is 0. The number of amides is 1. The average Bonchev–Trinajstić information content (AvgIpc) is 3.41. The van der Waals surface area contributed by atoms with Gasteiger partial charge in [0.25, 0.3) is 5.56 Å². The van der Waals surface area contributed by atoms with E-state index in [2.05, 4.69) is 0 Å². The Morgan fingerprint density at radius 2 is 1.90 bits per heavy atom. The van der Waals surface area contributed by atoms with Crippen LogP contribution in [0.3, 0.4) is 0 Å². The van der Waals surface area contributed by atoms with E-state index in [1.807, 2.05) is 13.0 Å². The lowest BCUT2D eigenvalue weighted by Gasteiger charge is -2.39. The molecule has 8 heteroatoms. The molecule has 1 aliphatic carbocycles. The zero-order chi connectivity index (χ0) is 20.8. The number of hydrogen-bond acceptors (Lipinski definition) is 3. The molecule has 2 heterocycles. The molecule has 0 N–H and O–H groups in total. The lowest BCUT2D eigenvalue weighted by molar-refractivity contribution is -0.140. The van der Waals surface area contributed by atoms with Crippen molar-refractivity contribution in [1.29, 1.82) is 0 Å². The number of rotatable bonds is 5. The molecule has 154 valence electrons. The number of pyridine rings is 1. The third-order valence-corrected chi connectivity index (χ3v) is 5.26. The molecule has 0 bridgehead atoms. The number of carbonyl (C=O) groups is 1. The van der Waals surface area contributed by atoms with Crippen molar-refractivity contribution >= 4 is 5.91 Å². The van der Waals surface area contributed by atoms with E-state index < -0.39 is 11.7 Å². The summed E-state index contributed by atoms with van der Waals surface area (Å²) in [6, 6.07) is 8.40. The number of halogens is 3. The number of aryl methyl sites for hydroxylation is 1. The maximum Gasteiger partial charge on any atom is 0.416 e. The Morgan fingerprint density at radius 3 is 2.52 bits per heavy atom. The van der Waals surface area contributed by atoms with Crippen molar-refractivity contribution in [3.05, 3.63) is 63.6 Å². The highest BCUT2D eigenvalue weighted by Crippen LogP contribution is 2.35. The Balaban J connectivity index is 1.32. The molecule has 2 aromatic rings. The second kappa shape index (κ2) is 7.24. The maximum absolute atomic E-state index is 12.8. The number of alkyl halides is 3. The summed E-state index contributed by atoms with van der Waals surface area (Å²) in [4.78, 5) is 26.1. The van der Waals surface area contributed by atoms with Crippen LogP contribution in [0, 0.1) is 6.92 Å². The number of aromatic nitrogens is 1. The smallest absolute Gasteiger partial charge is 0.416 e.